The number of nitrogens with one attached hydrogen (secondary N) is 1. The molecule has 4 N–H and O–H groups in total. The fourth-order valence-electron chi connectivity index (χ4n) is 3.66. The number of hydrogen-bond acceptors (Lipinski definition) is 8. The molecule has 11 nitrogen and oxygen atoms in total. The first-order valence-corrected chi connectivity index (χ1v) is 12.5. The number of aromatic amines is 1. The number of rotatable bonds is 6. The second kappa shape index (κ2) is 9.84. The summed E-state index contributed by atoms with van der Waals surface area (Å²) in [5, 5.41) is 18.3. The van der Waals surface area contributed by atoms with Crippen LogP contribution in [0.4, 0.5) is 11.4 Å². The van der Waals surface area contributed by atoms with Gasteiger partial charge in [0.1, 0.15) is 17.1 Å². The minimum Gasteiger partial charge on any atom is -0.507 e. The zero-order chi connectivity index (χ0) is 26.9. The summed E-state index contributed by atoms with van der Waals surface area (Å²) in [5.74, 6) is 0.0268. The van der Waals surface area contributed by atoms with Crippen LogP contribution in [0.1, 0.15) is 29.5 Å². The number of benzene rings is 2. The van der Waals surface area contributed by atoms with E-state index in [4.69, 9.17) is 9.56 Å². The fourth-order valence-corrected chi connectivity index (χ4v) is 4.21. The highest BCUT2D eigenvalue weighted by molar-refractivity contribution is 7.89. The minimum atomic E-state index is -3.95. The van der Waals surface area contributed by atoms with E-state index in [9.17, 15) is 23.1 Å². The lowest BCUT2D eigenvalue weighted by Crippen LogP contribution is -2.18. The predicted octanol–water partition coefficient (Wildman–Crippen LogP) is 2.98. The second-order valence-electron chi connectivity index (χ2n) is 8.18. The number of aliphatic imine (C=N–C) groups is 2. The van der Waals surface area contributed by atoms with E-state index in [1.807, 2.05) is 0 Å². The third-order valence-electron chi connectivity index (χ3n) is 5.44. The summed E-state index contributed by atoms with van der Waals surface area (Å²) >= 11 is 0. The molecule has 0 saturated carbocycles. The average molecular weight is 522 g/mol. The van der Waals surface area contributed by atoms with Gasteiger partial charge in [-0.15, -0.1) is 0 Å². The molecule has 0 radical (unpaired) electrons. The van der Waals surface area contributed by atoms with Crippen molar-refractivity contribution in [1.82, 2.24) is 9.78 Å². The van der Waals surface area contributed by atoms with Crippen molar-refractivity contribution in [2.45, 2.75) is 25.7 Å². The maximum Gasteiger partial charge on any atom is 0.348 e. The van der Waals surface area contributed by atoms with E-state index in [-0.39, 0.29) is 38.9 Å². The molecule has 0 fully saturated rings. The summed E-state index contributed by atoms with van der Waals surface area (Å²) in [5.41, 5.74) is 0.825. The smallest absolute Gasteiger partial charge is 0.348 e. The minimum absolute atomic E-state index is 0.0597. The van der Waals surface area contributed by atoms with Crippen LogP contribution in [-0.2, 0) is 10.0 Å². The van der Waals surface area contributed by atoms with E-state index in [0.717, 1.165) is 0 Å². The third-order valence-corrected chi connectivity index (χ3v) is 6.35. The van der Waals surface area contributed by atoms with Crippen molar-refractivity contribution in [3.05, 3.63) is 98.0 Å². The molecule has 12 heteroatoms. The molecule has 2 aromatic heterocycles. The molecule has 4 aromatic rings. The van der Waals surface area contributed by atoms with Gasteiger partial charge in [-0.05, 0) is 51.1 Å². The van der Waals surface area contributed by atoms with Gasteiger partial charge in [-0.2, -0.15) is 0 Å². The van der Waals surface area contributed by atoms with E-state index in [2.05, 4.69) is 15.1 Å². The van der Waals surface area contributed by atoms with Gasteiger partial charge in [0.2, 0.25) is 10.0 Å². The highest BCUT2D eigenvalue weighted by Gasteiger charge is 2.15. The SMILES string of the molecule is CC(=Nc1ccccc1N=Cc1c(C)[nH]n(-c2cccc(S(N)(=O)=O)c2)c1=O)c1c(O)cc(C)oc1=O. The van der Waals surface area contributed by atoms with Crippen LogP contribution in [0.2, 0.25) is 0 Å². The van der Waals surface area contributed by atoms with E-state index >= 15 is 0 Å². The van der Waals surface area contributed by atoms with Crippen LogP contribution in [-0.4, -0.2) is 35.2 Å². The second-order valence-corrected chi connectivity index (χ2v) is 9.74. The van der Waals surface area contributed by atoms with Gasteiger partial charge in [0.25, 0.3) is 5.56 Å². The maximum absolute atomic E-state index is 13.1. The van der Waals surface area contributed by atoms with Crippen molar-refractivity contribution in [3.63, 3.8) is 0 Å². The van der Waals surface area contributed by atoms with Crippen LogP contribution in [0.25, 0.3) is 5.69 Å². The summed E-state index contributed by atoms with van der Waals surface area (Å²) in [4.78, 5) is 34.1. The van der Waals surface area contributed by atoms with Gasteiger partial charge >= 0.3 is 5.63 Å². The maximum atomic E-state index is 13.1. The normalized spacial score (nSPS) is 12.4. The van der Waals surface area contributed by atoms with Crippen LogP contribution in [0.15, 0.2) is 83.5 Å². The van der Waals surface area contributed by atoms with Crippen molar-refractivity contribution < 1.29 is 17.9 Å². The molecule has 0 bridgehead atoms. The van der Waals surface area contributed by atoms with Crippen LogP contribution in [0.5, 0.6) is 5.75 Å². The lowest BCUT2D eigenvalue weighted by Gasteiger charge is -2.05. The first-order valence-electron chi connectivity index (χ1n) is 10.9. The van der Waals surface area contributed by atoms with Crippen LogP contribution < -0.4 is 16.3 Å². The third kappa shape index (κ3) is 5.34. The van der Waals surface area contributed by atoms with Crippen molar-refractivity contribution >= 4 is 33.3 Å². The molecule has 0 aliphatic rings. The Hall–Kier alpha value is -4.55. The molecule has 0 aliphatic carbocycles. The lowest BCUT2D eigenvalue weighted by atomic mass is 10.1. The van der Waals surface area contributed by atoms with Crippen LogP contribution in [0, 0.1) is 13.8 Å². The number of nitrogens with zero attached hydrogens (tertiary/aromatic N) is 3. The Morgan fingerprint density at radius 1 is 1.08 bits per heavy atom. The molecular formula is C25H23N5O6S. The molecule has 2 aromatic carbocycles. The Balaban J connectivity index is 1.72. The Morgan fingerprint density at radius 3 is 2.46 bits per heavy atom. The molecule has 0 atom stereocenters. The Morgan fingerprint density at radius 2 is 1.78 bits per heavy atom. The number of aromatic hydroxyl groups is 1. The van der Waals surface area contributed by atoms with Gasteiger partial charge in [0.05, 0.1) is 33.2 Å². The van der Waals surface area contributed by atoms with Crippen molar-refractivity contribution in [2.75, 3.05) is 0 Å². The highest BCUT2D eigenvalue weighted by Crippen LogP contribution is 2.29. The van der Waals surface area contributed by atoms with Gasteiger partial charge in [0, 0.05) is 18.0 Å². The Labute approximate surface area is 211 Å². The van der Waals surface area contributed by atoms with Crippen molar-refractivity contribution in [2.24, 2.45) is 15.1 Å². The molecule has 0 spiro atoms. The van der Waals surface area contributed by atoms with Gasteiger partial charge < -0.3 is 9.52 Å². The summed E-state index contributed by atoms with van der Waals surface area (Å²) in [6, 6.07) is 13.8. The average Bonchev–Trinajstić information content (AvgIpc) is 3.10. The zero-order valence-corrected chi connectivity index (χ0v) is 20.9. The van der Waals surface area contributed by atoms with E-state index in [1.165, 1.54) is 35.2 Å². The van der Waals surface area contributed by atoms with E-state index < -0.39 is 21.2 Å². The number of para-hydroxylation sites is 2. The number of sulfonamides is 1. The van der Waals surface area contributed by atoms with Crippen LogP contribution in [0.3, 0.4) is 0 Å². The van der Waals surface area contributed by atoms with Crippen molar-refractivity contribution in [1.29, 1.82) is 0 Å². The monoisotopic (exact) mass is 521 g/mol. The zero-order valence-electron chi connectivity index (χ0n) is 20.1. The first-order chi connectivity index (χ1) is 17.5. The van der Waals surface area contributed by atoms with E-state index in [1.54, 1.807) is 51.1 Å². The number of nitrogens with two attached hydrogens (primary N) is 1. The topological polar surface area (TPSA) is 173 Å². The molecule has 190 valence electrons. The molecule has 0 unspecified atom stereocenters. The summed E-state index contributed by atoms with van der Waals surface area (Å²) in [6.45, 7) is 4.79. The molecule has 0 amide bonds. The quantitative estimate of drug-likeness (QED) is 0.329. The number of aryl methyl sites for hydroxylation is 2. The number of aromatic nitrogens is 2. The number of hydrogen-bond donors (Lipinski definition) is 3. The summed E-state index contributed by atoms with van der Waals surface area (Å²) in [7, 11) is -3.95. The largest absolute Gasteiger partial charge is 0.507 e. The van der Waals surface area contributed by atoms with Gasteiger partial charge in [-0.25, -0.2) is 23.0 Å². The molecule has 2 heterocycles. The van der Waals surface area contributed by atoms with Gasteiger partial charge in [-0.3, -0.25) is 19.9 Å². The summed E-state index contributed by atoms with van der Waals surface area (Å²) < 4.78 is 29.7. The van der Waals surface area contributed by atoms with E-state index in [0.29, 0.717) is 17.1 Å². The molecule has 37 heavy (non-hydrogen) atoms. The van der Waals surface area contributed by atoms with Gasteiger partial charge in [0.15, 0.2) is 0 Å². The standard InChI is InChI=1S/C25H23N5O6S/c1-14-11-22(31)23(25(33)36-14)16(3)28-21-10-5-4-9-20(21)27-13-19-15(2)29-30(24(19)32)17-7-6-8-18(12-17)37(26,34)35/h4-13,29,31H,1-3H3,(H2,26,34,35). The van der Waals surface area contributed by atoms with Crippen molar-refractivity contribution in [3.8, 4) is 11.4 Å². The molecular weight excluding hydrogens is 498 g/mol. The molecule has 0 saturated heterocycles. The molecule has 4 rings (SSSR count). The Bertz CT molecular complexity index is 1790. The summed E-state index contributed by atoms with van der Waals surface area (Å²) in [6.07, 6.45) is 1.37. The van der Waals surface area contributed by atoms with Gasteiger partial charge in [-0.1, -0.05) is 18.2 Å². The molecule has 0 aliphatic heterocycles. The Kier molecular flexibility index (Phi) is 6.79. The number of H-pyrrole nitrogens is 1. The highest BCUT2D eigenvalue weighted by atomic mass is 32.2. The van der Waals surface area contributed by atoms with Crippen LogP contribution >= 0.6 is 0 Å². The number of primary sulfonamides is 1. The lowest BCUT2D eigenvalue weighted by molar-refractivity contribution is 0.432. The fraction of sp³-hybridized carbons (Fsp3) is 0.120. The first kappa shape index (κ1) is 25.5. The predicted molar refractivity (Wildman–Crippen MR) is 139 cm³/mol.